The first kappa shape index (κ1) is 44.9. The van der Waals surface area contributed by atoms with Crippen molar-refractivity contribution in [1.29, 1.82) is 0 Å². The molecule has 4 atom stereocenters. The maximum absolute atomic E-state index is 14.0. The van der Waals surface area contributed by atoms with Crippen molar-refractivity contribution < 1.29 is 33.9 Å². The lowest BCUT2D eigenvalue weighted by Gasteiger charge is -2.27. The maximum Gasteiger partial charge on any atom is 0.251 e. The number of aromatic nitrogens is 1. The lowest BCUT2D eigenvalue weighted by Crippen LogP contribution is -2.58. The topological polar surface area (TPSA) is 286 Å². The summed E-state index contributed by atoms with van der Waals surface area (Å²) >= 11 is 1.08. The van der Waals surface area contributed by atoms with Crippen LogP contribution >= 0.6 is 11.3 Å². The number of nitrogens with one attached hydrogen (secondary N) is 5. The Morgan fingerprint density at radius 1 is 0.821 bits per heavy atom. The third-order valence-electron chi connectivity index (χ3n) is 8.53. The number of Topliss-reactive ketones (excluding diaryl/α,β-unsaturated/α-hetero) is 1. The smallest absolute Gasteiger partial charge is 0.251 e. The van der Waals surface area contributed by atoms with Crippen LogP contribution in [0, 0.1) is 5.92 Å². The monoisotopic (exact) mass is 794 g/mol. The van der Waals surface area contributed by atoms with Gasteiger partial charge in [-0.2, -0.15) is 0 Å². The molecule has 0 saturated carbocycles. The second kappa shape index (κ2) is 22.8. The zero-order valence-electron chi connectivity index (χ0n) is 32.0. The lowest BCUT2D eigenvalue weighted by atomic mass is 10.00. The number of hydrogen-bond acceptors (Lipinski definition) is 11. The number of amides is 5. The molecule has 1 heterocycles. The molecule has 0 aliphatic carbocycles. The molecular weight excluding hydrogens is 741 g/mol. The number of hydrogen-bond donors (Lipinski definition) is 9. The Bertz CT molecular complexity index is 1830. The average molecular weight is 795 g/mol. The number of ketones is 1. The normalized spacial score (nSPS) is 13.2. The standard InChI is InChI=1S/C38H54N10O7S/c1-22(2)18-29(47-34(53)28(12-7-8-16-39)46-36(55)30(21-49)44-23(3)50)35(54)45-27(13-9-17-42-38(40)41)32(51)37-48-26-15-14-25(19-31(26)56-37)33(52)43-20-24-10-5-4-6-11-24/h4-6,10-11,14-15,19,22,27-30,49H,7-9,12-13,16-18,20-21,39H2,1-3H3,(H,43,52)(H,44,50)(H,45,54)(H,46,55)(H,47,53)(H4,40,41,42)/t27-,28-,29-,30-/m0/s1. The Labute approximate surface area is 330 Å². The van der Waals surface area contributed by atoms with Gasteiger partial charge in [0.15, 0.2) is 11.0 Å². The number of carbonyl (C=O) groups excluding carboxylic acids is 6. The van der Waals surface area contributed by atoms with E-state index in [-0.39, 0.29) is 48.6 Å². The molecule has 1 aromatic heterocycles. The number of fused-ring (bicyclic) bond motifs is 1. The second-order valence-electron chi connectivity index (χ2n) is 13.7. The minimum absolute atomic E-state index is 0.0748. The highest BCUT2D eigenvalue weighted by atomic mass is 32.1. The zero-order valence-corrected chi connectivity index (χ0v) is 32.8. The Hall–Kier alpha value is -5.46. The van der Waals surface area contributed by atoms with Gasteiger partial charge in [-0.15, -0.1) is 11.3 Å². The minimum Gasteiger partial charge on any atom is -0.394 e. The summed E-state index contributed by atoms with van der Waals surface area (Å²) in [5, 5.41) is 23.1. The van der Waals surface area contributed by atoms with E-state index >= 15 is 0 Å². The number of nitrogens with zero attached hydrogens (tertiary/aromatic N) is 2. The van der Waals surface area contributed by atoms with Crippen LogP contribution in [0.5, 0.6) is 0 Å². The molecule has 17 nitrogen and oxygen atoms in total. The van der Waals surface area contributed by atoms with E-state index in [9.17, 15) is 33.9 Å². The van der Waals surface area contributed by atoms with Crippen molar-refractivity contribution in [2.45, 2.75) is 90.0 Å². The fraction of sp³-hybridized carbons (Fsp3) is 0.474. The number of benzene rings is 2. The molecule has 0 aliphatic heterocycles. The first-order valence-electron chi connectivity index (χ1n) is 18.5. The first-order chi connectivity index (χ1) is 26.7. The first-order valence-corrected chi connectivity index (χ1v) is 19.3. The van der Waals surface area contributed by atoms with Gasteiger partial charge in [0.2, 0.25) is 29.4 Å². The van der Waals surface area contributed by atoms with Gasteiger partial charge in [-0.25, -0.2) is 4.98 Å². The molecule has 0 fully saturated rings. The molecule has 0 bridgehead atoms. The third-order valence-corrected chi connectivity index (χ3v) is 9.56. The van der Waals surface area contributed by atoms with Crippen LogP contribution in [-0.2, 0) is 25.7 Å². The minimum atomic E-state index is -1.29. The largest absolute Gasteiger partial charge is 0.394 e. The van der Waals surface area contributed by atoms with E-state index < -0.39 is 60.2 Å². The molecule has 304 valence electrons. The number of aliphatic hydroxyl groups is 1. The van der Waals surface area contributed by atoms with E-state index in [1.54, 1.807) is 18.2 Å². The number of aliphatic imine (C=N–C) groups is 1. The molecule has 0 aliphatic rings. The van der Waals surface area contributed by atoms with Crippen LogP contribution in [0.2, 0.25) is 0 Å². The molecule has 56 heavy (non-hydrogen) atoms. The highest BCUT2D eigenvalue weighted by Crippen LogP contribution is 2.25. The average Bonchev–Trinajstić information content (AvgIpc) is 3.60. The van der Waals surface area contributed by atoms with Crippen LogP contribution in [0.15, 0.2) is 53.5 Å². The van der Waals surface area contributed by atoms with Gasteiger partial charge in [0, 0.05) is 25.6 Å². The Kier molecular flexibility index (Phi) is 18.3. The van der Waals surface area contributed by atoms with Crippen LogP contribution in [0.4, 0.5) is 0 Å². The van der Waals surface area contributed by atoms with Crippen molar-refractivity contribution in [2.75, 3.05) is 19.7 Å². The Balaban J connectivity index is 1.83. The third kappa shape index (κ3) is 14.6. The SMILES string of the molecule is CC(=O)N[C@@H](CO)C(=O)N[C@@H](CCCCN)C(=O)N[C@@H](CC(C)C)C(=O)N[C@@H](CCCN=C(N)N)C(=O)c1nc2ccc(C(=O)NCc3ccccc3)cc2s1. The van der Waals surface area contributed by atoms with Gasteiger partial charge < -0.3 is 48.9 Å². The summed E-state index contributed by atoms with van der Waals surface area (Å²) < 4.78 is 0.598. The zero-order chi connectivity index (χ0) is 41.2. The maximum atomic E-state index is 14.0. The lowest BCUT2D eigenvalue weighted by molar-refractivity contribution is -0.134. The van der Waals surface area contributed by atoms with Crippen molar-refractivity contribution >= 4 is 62.8 Å². The van der Waals surface area contributed by atoms with Crippen LogP contribution in [-0.4, -0.2) is 95.2 Å². The van der Waals surface area contributed by atoms with Crippen molar-refractivity contribution in [2.24, 2.45) is 28.1 Å². The number of aliphatic hydroxyl groups excluding tert-OH is 1. The molecule has 3 aromatic rings. The number of nitrogens with two attached hydrogens (primary N) is 3. The van der Waals surface area contributed by atoms with Gasteiger partial charge in [0.1, 0.15) is 18.1 Å². The molecule has 12 N–H and O–H groups in total. The number of unbranched alkanes of at least 4 members (excludes halogenated alkanes) is 1. The van der Waals surface area contributed by atoms with Crippen LogP contribution in [0.1, 0.15) is 85.0 Å². The summed E-state index contributed by atoms with van der Waals surface area (Å²) in [5.74, 6) is -3.59. The van der Waals surface area contributed by atoms with E-state index in [1.165, 1.54) is 6.92 Å². The molecule has 0 spiro atoms. The summed E-state index contributed by atoms with van der Waals surface area (Å²) in [6.07, 6.45) is 1.84. The van der Waals surface area contributed by atoms with E-state index in [4.69, 9.17) is 17.2 Å². The number of guanidine groups is 1. The van der Waals surface area contributed by atoms with Gasteiger partial charge in [-0.05, 0) is 74.8 Å². The molecule has 0 radical (unpaired) electrons. The van der Waals surface area contributed by atoms with Gasteiger partial charge in [0.25, 0.3) is 5.91 Å². The van der Waals surface area contributed by atoms with E-state index in [0.29, 0.717) is 48.1 Å². The van der Waals surface area contributed by atoms with Gasteiger partial charge >= 0.3 is 0 Å². The fourth-order valence-corrected chi connectivity index (χ4v) is 6.69. The highest BCUT2D eigenvalue weighted by molar-refractivity contribution is 7.20. The predicted octanol–water partition coefficient (Wildman–Crippen LogP) is 0.589. The number of thiazole rings is 1. The van der Waals surface area contributed by atoms with Gasteiger partial charge in [-0.1, -0.05) is 44.2 Å². The number of rotatable bonds is 23. The van der Waals surface area contributed by atoms with Gasteiger partial charge in [0.05, 0.1) is 22.9 Å². The summed E-state index contributed by atoms with van der Waals surface area (Å²) in [6, 6.07) is 9.81. The molecule has 5 amide bonds. The summed E-state index contributed by atoms with van der Waals surface area (Å²) in [4.78, 5) is 87.6. The van der Waals surface area contributed by atoms with E-state index in [1.807, 2.05) is 44.2 Å². The van der Waals surface area contributed by atoms with E-state index in [0.717, 1.165) is 16.9 Å². The molecular formula is C38H54N10O7S. The predicted molar refractivity (Wildman–Crippen MR) is 214 cm³/mol. The van der Waals surface area contributed by atoms with Crippen LogP contribution in [0.3, 0.4) is 0 Å². The second-order valence-corrected chi connectivity index (χ2v) is 14.7. The van der Waals surface area contributed by atoms with Crippen molar-refractivity contribution in [1.82, 2.24) is 31.6 Å². The summed E-state index contributed by atoms with van der Waals surface area (Å²) in [6.45, 7) is 5.10. The van der Waals surface area contributed by atoms with Crippen molar-refractivity contribution in [3.8, 4) is 0 Å². The molecule has 18 heteroatoms. The summed E-state index contributed by atoms with van der Waals surface area (Å²) in [7, 11) is 0. The quantitative estimate of drug-likeness (QED) is 0.0277. The molecule has 0 saturated heterocycles. The fourth-order valence-electron chi connectivity index (χ4n) is 5.69. The molecule has 3 rings (SSSR count). The highest BCUT2D eigenvalue weighted by Gasteiger charge is 2.32. The summed E-state index contributed by atoms with van der Waals surface area (Å²) in [5.41, 5.74) is 18.5. The van der Waals surface area contributed by atoms with Gasteiger partial charge in [-0.3, -0.25) is 33.8 Å². The van der Waals surface area contributed by atoms with Crippen LogP contribution in [0.25, 0.3) is 10.2 Å². The molecule has 0 unspecified atom stereocenters. The van der Waals surface area contributed by atoms with Crippen LogP contribution < -0.4 is 43.8 Å². The Morgan fingerprint density at radius 3 is 2.11 bits per heavy atom. The molecule has 2 aromatic carbocycles. The van der Waals surface area contributed by atoms with E-state index in [2.05, 4.69) is 36.6 Å². The van der Waals surface area contributed by atoms with Crippen molar-refractivity contribution in [3.63, 3.8) is 0 Å². The van der Waals surface area contributed by atoms with Crippen molar-refractivity contribution in [3.05, 3.63) is 64.7 Å². The number of carbonyl (C=O) groups is 6. The Morgan fingerprint density at radius 2 is 1.46 bits per heavy atom.